The largest absolute Gasteiger partial charge is 0.459 e. The SMILES string of the molecule is Cc1sc(NC(=O)[C@H]2CCCO2)c(C(=O)OC(C)C)c1C. The second kappa shape index (κ2) is 6.58. The summed E-state index contributed by atoms with van der Waals surface area (Å²) >= 11 is 1.40. The van der Waals surface area contributed by atoms with Crippen molar-refractivity contribution in [2.75, 3.05) is 11.9 Å². The van der Waals surface area contributed by atoms with Gasteiger partial charge in [0.15, 0.2) is 0 Å². The zero-order chi connectivity index (χ0) is 15.6. The summed E-state index contributed by atoms with van der Waals surface area (Å²) in [6, 6.07) is 0. The van der Waals surface area contributed by atoms with Gasteiger partial charge in [0.05, 0.1) is 11.7 Å². The van der Waals surface area contributed by atoms with Gasteiger partial charge in [-0.05, 0) is 46.1 Å². The maximum Gasteiger partial charge on any atom is 0.341 e. The van der Waals surface area contributed by atoms with Crippen molar-refractivity contribution in [2.45, 2.75) is 52.7 Å². The van der Waals surface area contributed by atoms with E-state index in [0.717, 1.165) is 23.3 Å². The van der Waals surface area contributed by atoms with E-state index in [1.165, 1.54) is 11.3 Å². The first-order valence-electron chi connectivity index (χ1n) is 7.13. The van der Waals surface area contributed by atoms with Crippen LogP contribution in [0.1, 0.15) is 47.5 Å². The van der Waals surface area contributed by atoms with Crippen molar-refractivity contribution in [3.05, 3.63) is 16.0 Å². The molecule has 1 aromatic heterocycles. The van der Waals surface area contributed by atoms with Crippen molar-refractivity contribution in [3.63, 3.8) is 0 Å². The number of carbonyl (C=O) groups is 2. The molecule has 0 spiro atoms. The van der Waals surface area contributed by atoms with Crippen LogP contribution >= 0.6 is 11.3 Å². The average molecular weight is 311 g/mol. The Labute approximate surface area is 128 Å². The zero-order valence-electron chi connectivity index (χ0n) is 12.8. The molecule has 0 saturated carbocycles. The Balaban J connectivity index is 2.20. The third-order valence-electron chi connectivity index (χ3n) is 3.39. The van der Waals surface area contributed by atoms with Crippen LogP contribution in [0.4, 0.5) is 5.00 Å². The molecule has 0 unspecified atom stereocenters. The van der Waals surface area contributed by atoms with Gasteiger partial charge in [-0.25, -0.2) is 4.79 Å². The number of carbonyl (C=O) groups excluding carboxylic acids is 2. The lowest BCUT2D eigenvalue weighted by atomic mass is 10.1. The molecule has 116 valence electrons. The Hall–Kier alpha value is -1.40. The lowest BCUT2D eigenvalue weighted by Crippen LogP contribution is -2.27. The van der Waals surface area contributed by atoms with E-state index in [1.807, 2.05) is 13.8 Å². The second-order valence-electron chi connectivity index (χ2n) is 5.43. The average Bonchev–Trinajstić information content (AvgIpc) is 2.98. The highest BCUT2D eigenvalue weighted by Gasteiger charge is 2.27. The number of nitrogens with one attached hydrogen (secondary N) is 1. The van der Waals surface area contributed by atoms with E-state index in [2.05, 4.69) is 5.32 Å². The Bertz CT molecular complexity index is 544. The molecule has 6 heteroatoms. The van der Waals surface area contributed by atoms with Crippen LogP contribution in [0.25, 0.3) is 0 Å². The van der Waals surface area contributed by atoms with Gasteiger partial charge in [0, 0.05) is 11.5 Å². The number of ether oxygens (including phenoxy) is 2. The molecule has 1 aliphatic rings. The van der Waals surface area contributed by atoms with Gasteiger partial charge < -0.3 is 14.8 Å². The molecule has 1 N–H and O–H groups in total. The lowest BCUT2D eigenvalue weighted by molar-refractivity contribution is -0.124. The molecule has 1 aromatic rings. The summed E-state index contributed by atoms with van der Waals surface area (Å²) in [7, 11) is 0. The molecule has 2 heterocycles. The highest BCUT2D eigenvalue weighted by atomic mass is 32.1. The van der Waals surface area contributed by atoms with E-state index in [-0.39, 0.29) is 12.0 Å². The second-order valence-corrected chi connectivity index (χ2v) is 6.66. The van der Waals surface area contributed by atoms with Crippen molar-refractivity contribution in [1.29, 1.82) is 0 Å². The maximum absolute atomic E-state index is 12.2. The van der Waals surface area contributed by atoms with Gasteiger partial charge in [-0.15, -0.1) is 11.3 Å². The topological polar surface area (TPSA) is 64.6 Å². The molecular formula is C15H21NO4S. The van der Waals surface area contributed by atoms with Gasteiger partial charge in [0.2, 0.25) is 0 Å². The molecule has 1 saturated heterocycles. The summed E-state index contributed by atoms with van der Waals surface area (Å²) in [4.78, 5) is 25.4. The van der Waals surface area contributed by atoms with Gasteiger partial charge in [-0.3, -0.25) is 4.79 Å². The van der Waals surface area contributed by atoms with Crippen LogP contribution in [-0.4, -0.2) is 30.7 Å². The monoisotopic (exact) mass is 311 g/mol. The van der Waals surface area contributed by atoms with Crippen molar-refractivity contribution < 1.29 is 19.1 Å². The number of anilines is 1. The van der Waals surface area contributed by atoms with Crippen LogP contribution in [0.15, 0.2) is 0 Å². The minimum absolute atomic E-state index is 0.188. The number of esters is 1. The van der Waals surface area contributed by atoms with Gasteiger partial charge in [-0.1, -0.05) is 0 Å². The fourth-order valence-corrected chi connectivity index (χ4v) is 3.26. The van der Waals surface area contributed by atoms with Crippen LogP contribution in [0.5, 0.6) is 0 Å². The summed E-state index contributed by atoms with van der Waals surface area (Å²) in [5.41, 5.74) is 1.31. The molecule has 1 atom stereocenters. The van der Waals surface area contributed by atoms with E-state index in [9.17, 15) is 9.59 Å². The summed E-state index contributed by atoms with van der Waals surface area (Å²) in [5, 5.41) is 3.37. The molecule has 0 radical (unpaired) electrons. The fraction of sp³-hybridized carbons (Fsp3) is 0.600. The number of aryl methyl sites for hydroxylation is 1. The number of rotatable bonds is 4. The van der Waals surface area contributed by atoms with Crippen molar-refractivity contribution in [3.8, 4) is 0 Å². The maximum atomic E-state index is 12.2. The molecule has 0 aliphatic carbocycles. The van der Waals surface area contributed by atoms with E-state index < -0.39 is 12.1 Å². The van der Waals surface area contributed by atoms with Crippen molar-refractivity contribution in [2.24, 2.45) is 0 Å². The summed E-state index contributed by atoms with van der Waals surface area (Å²) < 4.78 is 10.6. The highest BCUT2D eigenvalue weighted by Crippen LogP contribution is 2.33. The standard InChI is InChI=1S/C15H21NO4S/c1-8(2)20-15(18)12-9(3)10(4)21-14(12)16-13(17)11-6-5-7-19-11/h8,11H,5-7H2,1-4H3,(H,16,17)/t11-/m1/s1. The van der Waals surface area contributed by atoms with Gasteiger partial charge >= 0.3 is 5.97 Å². The predicted octanol–water partition coefficient (Wildman–Crippen LogP) is 3.05. The number of amides is 1. The van der Waals surface area contributed by atoms with Crippen LogP contribution in [0.3, 0.4) is 0 Å². The zero-order valence-corrected chi connectivity index (χ0v) is 13.6. The molecule has 1 fully saturated rings. The fourth-order valence-electron chi connectivity index (χ4n) is 2.21. The van der Waals surface area contributed by atoms with Crippen LogP contribution < -0.4 is 5.32 Å². The van der Waals surface area contributed by atoms with Gasteiger partial charge in [0.1, 0.15) is 11.1 Å². The van der Waals surface area contributed by atoms with Crippen LogP contribution in [0.2, 0.25) is 0 Å². The third kappa shape index (κ3) is 3.63. The van der Waals surface area contributed by atoms with E-state index in [1.54, 1.807) is 13.8 Å². The Morgan fingerprint density at radius 2 is 2.10 bits per heavy atom. The minimum atomic E-state index is -0.415. The smallest absolute Gasteiger partial charge is 0.341 e. The third-order valence-corrected chi connectivity index (χ3v) is 4.51. The minimum Gasteiger partial charge on any atom is -0.459 e. The molecule has 0 aromatic carbocycles. The first-order valence-corrected chi connectivity index (χ1v) is 7.95. The molecule has 2 rings (SSSR count). The molecular weight excluding hydrogens is 290 g/mol. The van der Waals surface area contributed by atoms with E-state index in [0.29, 0.717) is 17.2 Å². The summed E-state index contributed by atoms with van der Waals surface area (Å²) in [5.74, 6) is -0.582. The first kappa shape index (κ1) is 16.0. The molecule has 1 aliphatic heterocycles. The highest BCUT2D eigenvalue weighted by molar-refractivity contribution is 7.16. The summed E-state index contributed by atoms with van der Waals surface area (Å²) in [6.45, 7) is 8.01. The van der Waals surface area contributed by atoms with Crippen molar-refractivity contribution in [1.82, 2.24) is 0 Å². The number of hydrogen-bond acceptors (Lipinski definition) is 5. The van der Waals surface area contributed by atoms with Gasteiger partial charge in [-0.2, -0.15) is 0 Å². The normalized spacial score (nSPS) is 18.0. The van der Waals surface area contributed by atoms with Crippen molar-refractivity contribution >= 4 is 28.2 Å². The number of thiophene rings is 1. The Kier molecular flexibility index (Phi) is 5.00. The Morgan fingerprint density at radius 1 is 1.38 bits per heavy atom. The molecule has 0 bridgehead atoms. The quantitative estimate of drug-likeness (QED) is 0.868. The van der Waals surface area contributed by atoms with Crippen LogP contribution in [0, 0.1) is 13.8 Å². The van der Waals surface area contributed by atoms with Crippen LogP contribution in [-0.2, 0) is 14.3 Å². The van der Waals surface area contributed by atoms with E-state index in [4.69, 9.17) is 9.47 Å². The molecule has 1 amide bonds. The van der Waals surface area contributed by atoms with Gasteiger partial charge in [0.25, 0.3) is 5.91 Å². The number of hydrogen-bond donors (Lipinski definition) is 1. The summed E-state index contributed by atoms with van der Waals surface area (Å²) in [6.07, 6.45) is 1.00. The lowest BCUT2D eigenvalue weighted by Gasteiger charge is -2.12. The Morgan fingerprint density at radius 3 is 2.67 bits per heavy atom. The predicted molar refractivity (Wildman–Crippen MR) is 81.9 cm³/mol. The molecule has 21 heavy (non-hydrogen) atoms. The molecule has 5 nitrogen and oxygen atoms in total. The first-order chi connectivity index (χ1) is 9.90. The van der Waals surface area contributed by atoms with E-state index >= 15 is 0 Å².